The lowest BCUT2D eigenvalue weighted by atomic mass is 9.85. The zero-order valence-corrected chi connectivity index (χ0v) is 12.2. The Hall–Kier alpha value is -1.06. The van der Waals surface area contributed by atoms with Crippen molar-refractivity contribution in [3.8, 4) is 0 Å². The van der Waals surface area contributed by atoms with E-state index in [1.54, 1.807) is 0 Å². The lowest BCUT2D eigenvalue weighted by molar-refractivity contribution is -0.139. The van der Waals surface area contributed by atoms with Gasteiger partial charge in [-0.1, -0.05) is 46.0 Å². The van der Waals surface area contributed by atoms with E-state index in [2.05, 4.69) is 5.32 Å². The van der Waals surface area contributed by atoms with Gasteiger partial charge in [0.15, 0.2) is 0 Å². The molecule has 0 aliphatic heterocycles. The first-order valence-corrected chi connectivity index (χ1v) is 7.40. The minimum absolute atomic E-state index is 0.00294. The number of carbonyl (C=O) groups is 2. The zero-order chi connectivity index (χ0) is 14.3. The molecule has 0 saturated heterocycles. The lowest BCUT2D eigenvalue weighted by Crippen LogP contribution is -2.38. The highest BCUT2D eigenvalue weighted by atomic mass is 16.4. The van der Waals surface area contributed by atoms with E-state index in [4.69, 9.17) is 5.11 Å². The average Bonchev–Trinajstić information content (AvgIpc) is 2.18. The summed E-state index contributed by atoms with van der Waals surface area (Å²) in [6.45, 7) is 3.66. The van der Waals surface area contributed by atoms with Crippen LogP contribution in [0.2, 0.25) is 0 Å². The summed E-state index contributed by atoms with van der Waals surface area (Å²) < 4.78 is 0. The Morgan fingerprint density at radius 2 is 1.58 bits per heavy atom. The molecule has 2 N–H and O–H groups in total. The van der Waals surface area contributed by atoms with Crippen molar-refractivity contribution in [2.24, 2.45) is 5.41 Å². The highest BCUT2D eigenvalue weighted by Gasteiger charge is 2.26. The molecule has 0 aromatic rings. The summed E-state index contributed by atoms with van der Waals surface area (Å²) in [5.74, 6) is -0.847. The van der Waals surface area contributed by atoms with Crippen LogP contribution in [-0.4, -0.2) is 23.0 Å². The standard InChI is InChI=1S/C15H27NO3/c1-15(2,11-14(18)19)10-13(17)16-12-8-6-4-3-5-7-9-12/h12H,3-11H2,1-2H3,(H,16,17)(H,18,19). The molecule has 19 heavy (non-hydrogen) atoms. The number of nitrogens with one attached hydrogen (secondary N) is 1. The minimum atomic E-state index is -0.844. The van der Waals surface area contributed by atoms with Crippen molar-refractivity contribution >= 4 is 11.9 Å². The van der Waals surface area contributed by atoms with Crippen molar-refractivity contribution < 1.29 is 14.7 Å². The van der Waals surface area contributed by atoms with Gasteiger partial charge in [-0.25, -0.2) is 0 Å². The van der Waals surface area contributed by atoms with Crippen molar-refractivity contribution in [1.29, 1.82) is 0 Å². The number of aliphatic carboxylic acids is 1. The largest absolute Gasteiger partial charge is 0.481 e. The average molecular weight is 269 g/mol. The second kappa shape index (κ2) is 7.51. The fourth-order valence-corrected chi connectivity index (χ4v) is 2.79. The number of rotatable bonds is 5. The molecule has 0 bridgehead atoms. The van der Waals surface area contributed by atoms with Gasteiger partial charge in [-0.15, -0.1) is 0 Å². The van der Waals surface area contributed by atoms with Crippen molar-refractivity contribution in [1.82, 2.24) is 5.32 Å². The van der Waals surface area contributed by atoms with E-state index in [0.717, 1.165) is 12.8 Å². The molecule has 0 radical (unpaired) electrons. The van der Waals surface area contributed by atoms with Gasteiger partial charge in [0.05, 0.1) is 6.42 Å². The molecule has 0 aromatic heterocycles. The summed E-state index contributed by atoms with van der Waals surface area (Å²) in [6.07, 6.45) is 8.64. The van der Waals surface area contributed by atoms with Crippen LogP contribution in [0.1, 0.15) is 71.6 Å². The SMILES string of the molecule is CC(C)(CC(=O)O)CC(=O)NC1CCCCCCC1. The molecule has 4 heteroatoms. The minimum Gasteiger partial charge on any atom is -0.481 e. The predicted molar refractivity (Wildman–Crippen MR) is 74.9 cm³/mol. The Labute approximate surface area is 116 Å². The molecule has 4 nitrogen and oxygen atoms in total. The van der Waals surface area contributed by atoms with Gasteiger partial charge in [-0.2, -0.15) is 0 Å². The molecule has 0 spiro atoms. The molecular weight excluding hydrogens is 242 g/mol. The Morgan fingerprint density at radius 3 is 2.11 bits per heavy atom. The first kappa shape index (κ1) is 16.0. The molecule has 1 amide bonds. The first-order chi connectivity index (χ1) is 8.89. The zero-order valence-electron chi connectivity index (χ0n) is 12.2. The summed E-state index contributed by atoms with van der Waals surface area (Å²) in [5.41, 5.74) is -0.475. The van der Waals surface area contributed by atoms with E-state index in [0.29, 0.717) is 0 Å². The van der Waals surface area contributed by atoms with Gasteiger partial charge in [-0.3, -0.25) is 9.59 Å². The van der Waals surface area contributed by atoms with Crippen molar-refractivity contribution in [2.75, 3.05) is 0 Å². The lowest BCUT2D eigenvalue weighted by Gasteiger charge is -2.25. The third kappa shape index (κ3) is 7.19. The van der Waals surface area contributed by atoms with Gasteiger partial charge in [-0.05, 0) is 18.3 Å². The molecule has 1 aliphatic carbocycles. The maximum atomic E-state index is 12.0. The highest BCUT2D eigenvalue weighted by Crippen LogP contribution is 2.25. The first-order valence-electron chi connectivity index (χ1n) is 7.40. The summed E-state index contributed by atoms with van der Waals surface area (Å²) >= 11 is 0. The Kier molecular flexibility index (Phi) is 6.32. The summed E-state index contributed by atoms with van der Waals surface area (Å²) in [6, 6.07) is 0.286. The topological polar surface area (TPSA) is 66.4 Å². The quantitative estimate of drug-likeness (QED) is 0.806. The summed E-state index contributed by atoms with van der Waals surface area (Å²) in [4.78, 5) is 22.7. The number of hydrogen-bond donors (Lipinski definition) is 2. The van der Waals surface area contributed by atoms with Gasteiger partial charge < -0.3 is 10.4 Å². The normalized spacial score (nSPS) is 18.4. The van der Waals surface area contributed by atoms with Crippen molar-refractivity contribution in [3.63, 3.8) is 0 Å². The Bertz CT molecular complexity index is 305. The van der Waals surface area contributed by atoms with Crippen molar-refractivity contribution in [2.45, 2.75) is 77.7 Å². The van der Waals surface area contributed by atoms with E-state index in [1.807, 2.05) is 13.8 Å². The summed E-state index contributed by atoms with van der Waals surface area (Å²) in [7, 11) is 0. The van der Waals surface area contributed by atoms with Crippen LogP contribution in [0.3, 0.4) is 0 Å². The molecule has 0 heterocycles. The van der Waals surface area contributed by atoms with Crippen LogP contribution in [0.4, 0.5) is 0 Å². The number of carboxylic acids is 1. The second-order valence-electron chi connectivity index (χ2n) is 6.52. The molecule has 0 unspecified atom stereocenters. The fourth-order valence-electron chi connectivity index (χ4n) is 2.79. The molecule has 0 aromatic carbocycles. The molecule has 1 rings (SSSR count). The number of carbonyl (C=O) groups excluding carboxylic acids is 1. The smallest absolute Gasteiger partial charge is 0.303 e. The van der Waals surface area contributed by atoms with Gasteiger partial charge in [0, 0.05) is 12.5 Å². The van der Waals surface area contributed by atoms with Crippen molar-refractivity contribution in [3.05, 3.63) is 0 Å². The number of carboxylic acid groups (broad SMARTS) is 1. The molecule has 110 valence electrons. The summed E-state index contributed by atoms with van der Waals surface area (Å²) in [5, 5.41) is 11.9. The maximum Gasteiger partial charge on any atom is 0.303 e. The number of amides is 1. The van der Waals surface area contributed by atoms with E-state index >= 15 is 0 Å². The molecule has 0 atom stereocenters. The Morgan fingerprint density at radius 1 is 1.05 bits per heavy atom. The second-order valence-corrected chi connectivity index (χ2v) is 6.52. The van der Waals surface area contributed by atoms with Gasteiger partial charge in [0.25, 0.3) is 0 Å². The number of hydrogen-bond acceptors (Lipinski definition) is 2. The fraction of sp³-hybridized carbons (Fsp3) is 0.867. The Balaban J connectivity index is 2.38. The van der Waals surface area contributed by atoms with Gasteiger partial charge >= 0.3 is 5.97 Å². The highest BCUT2D eigenvalue weighted by molar-refractivity contribution is 5.78. The van der Waals surface area contributed by atoms with Crippen LogP contribution in [0.15, 0.2) is 0 Å². The molecular formula is C15H27NO3. The maximum absolute atomic E-state index is 12.0. The third-order valence-corrected chi connectivity index (χ3v) is 3.74. The van der Waals surface area contributed by atoms with Gasteiger partial charge in [0.1, 0.15) is 0 Å². The molecule has 1 saturated carbocycles. The predicted octanol–water partition coefficient (Wildman–Crippen LogP) is 3.11. The van der Waals surface area contributed by atoms with Crippen LogP contribution in [0.5, 0.6) is 0 Å². The van der Waals surface area contributed by atoms with Gasteiger partial charge in [0.2, 0.25) is 5.91 Å². The van der Waals surface area contributed by atoms with E-state index in [1.165, 1.54) is 32.1 Å². The van der Waals surface area contributed by atoms with Crippen LogP contribution in [0.25, 0.3) is 0 Å². The van der Waals surface area contributed by atoms with E-state index in [-0.39, 0.29) is 24.8 Å². The van der Waals surface area contributed by atoms with E-state index < -0.39 is 11.4 Å². The molecule has 1 aliphatic rings. The van der Waals surface area contributed by atoms with Crippen LogP contribution < -0.4 is 5.32 Å². The van der Waals surface area contributed by atoms with E-state index in [9.17, 15) is 9.59 Å². The van der Waals surface area contributed by atoms with Crippen LogP contribution >= 0.6 is 0 Å². The third-order valence-electron chi connectivity index (χ3n) is 3.74. The van der Waals surface area contributed by atoms with Crippen LogP contribution in [-0.2, 0) is 9.59 Å². The van der Waals surface area contributed by atoms with Crippen LogP contribution in [0, 0.1) is 5.41 Å². The molecule has 1 fully saturated rings. The monoisotopic (exact) mass is 269 g/mol.